The van der Waals surface area contributed by atoms with Crippen LogP contribution in [0.5, 0.6) is 0 Å². The Bertz CT molecular complexity index is 686. The minimum absolute atomic E-state index is 0.111. The molecule has 0 saturated heterocycles. The summed E-state index contributed by atoms with van der Waals surface area (Å²) in [4.78, 5) is 12.0. The fraction of sp³-hybridized carbons (Fsp3) is 0.133. The van der Waals surface area contributed by atoms with Crippen LogP contribution in [-0.2, 0) is 6.18 Å². The number of benzene rings is 2. The summed E-state index contributed by atoms with van der Waals surface area (Å²) in [6, 6.07) is 10.1. The normalized spacial score (nSPS) is 11.3. The molecule has 0 heterocycles. The fourth-order valence-corrected chi connectivity index (χ4v) is 2.26. The zero-order chi connectivity index (χ0) is 16.3. The molecule has 2 aromatic carbocycles. The van der Waals surface area contributed by atoms with Crippen LogP contribution in [0.3, 0.4) is 0 Å². The van der Waals surface area contributed by atoms with E-state index in [9.17, 15) is 18.0 Å². The van der Waals surface area contributed by atoms with Gasteiger partial charge in [0.15, 0.2) is 5.78 Å². The summed E-state index contributed by atoms with van der Waals surface area (Å²) in [5.74, 6) is -0.226. The molecule has 0 bridgehead atoms. The third-order valence-corrected chi connectivity index (χ3v) is 3.75. The van der Waals surface area contributed by atoms with Gasteiger partial charge in [0, 0.05) is 15.7 Å². The van der Waals surface area contributed by atoms with Crippen molar-refractivity contribution in [2.45, 2.75) is 6.18 Å². The minimum Gasteiger partial charge on any atom is -0.378 e. The van der Waals surface area contributed by atoms with Gasteiger partial charge in [0.05, 0.1) is 17.1 Å². The zero-order valence-corrected chi connectivity index (χ0v) is 13.4. The molecule has 2 rings (SSSR count). The molecule has 0 unspecified atom stereocenters. The van der Waals surface area contributed by atoms with Crippen molar-refractivity contribution in [1.29, 1.82) is 0 Å². The molecule has 7 heteroatoms. The Labute approximate surface area is 138 Å². The molecular formula is C15H10BrClF3NO. The summed E-state index contributed by atoms with van der Waals surface area (Å²) >= 11 is 8.79. The molecule has 0 aliphatic carbocycles. The lowest BCUT2D eigenvalue weighted by molar-refractivity contribution is -0.137. The molecule has 0 fully saturated rings. The van der Waals surface area contributed by atoms with Gasteiger partial charge in [0.1, 0.15) is 0 Å². The van der Waals surface area contributed by atoms with Crippen molar-refractivity contribution in [3.63, 3.8) is 0 Å². The highest BCUT2D eigenvalue weighted by Gasteiger charge is 2.33. The Morgan fingerprint density at radius 3 is 2.36 bits per heavy atom. The molecule has 0 aliphatic rings. The molecular weight excluding hydrogens is 383 g/mol. The van der Waals surface area contributed by atoms with E-state index in [0.717, 1.165) is 16.6 Å². The van der Waals surface area contributed by atoms with Gasteiger partial charge in [-0.05, 0) is 30.3 Å². The molecule has 0 radical (unpaired) electrons. The van der Waals surface area contributed by atoms with Gasteiger partial charge in [-0.3, -0.25) is 4.79 Å². The number of ketones is 1. The Balaban J connectivity index is 2.08. The van der Waals surface area contributed by atoms with E-state index in [-0.39, 0.29) is 23.0 Å². The van der Waals surface area contributed by atoms with E-state index in [1.807, 2.05) is 0 Å². The van der Waals surface area contributed by atoms with E-state index in [1.54, 1.807) is 24.3 Å². The second-order valence-corrected chi connectivity index (χ2v) is 5.80. The lowest BCUT2D eigenvalue weighted by atomic mass is 10.1. The van der Waals surface area contributed by atoms with E-state index in [0.29, 0.717) is 5.56 Å². The van der Waals surface area contributed by atoms with Crippen LogP contribution in [0.15, 0.2) is 46.9 Å². The SMILES string of the molecule is O=C(CNc1ccc(Cl)c(C(F)(F)F)c1)c1ccc(Br)cc1. The first kappa shape index (κ1) is 16.8. The van der Waals surface area contributed by atoms with Crippen molar-refractivity contribution in [3.8, 4) is 0 Å². The first-order valence-electron chi connectivity index (χ1n) is 6.17. The molecule has 2 aromatic rings. The number of alkyl halides is 3. The third-order valence-electron chi connectivity index (χ3n) is 2.89. The number of rotatable bonds is 4. The van der Waals surface area contributed by atoms with Crippen molar-refractivity contribution in [2.75, 3.05) is 11.9 Å². The maximum absolute atomic E-state index is 12.7. The van der Waals surface area contributed by atoms with Gasteiger partial charge in [-0.25, -0.2) is 0 Å². The van der Waals surface area contributed by atoms with Crippen LogP contribution < -0.4 is 5.32 Å². The summed E-state index contributed by atoms with van der Waals surface area (Å²) in [6.07, 6.45) is -4.54. The van der Waals surface area contributed by atoms with Gasteiger partial charge < -0.3 is 5.32 Å². The summed E-state index contributed by atoms with van der Waals surface area (Å²) in [5, 5.41) is 2.30. The van der Waals surface area contributed by atoms with Crippen molar-refractivity contribution in [3.05, 3.63) is 63.1 Å². The number of carbonyl (C=O) groups excluding carboxylic acids is 1. The number of halogens is 5. The molecule has 0 atom stereocenters. The predicted molar refractivity (Wildman–Crippen MR) is 83.4 cm³/mol. The number of nitrogens with one attached hydrogen (secondary N) is 1. The highest BCUT2D eigenvalue weighted by molar-refractivity contribution is 9.10. The molecule has 0 aromatic heterocycles. The summed E-state index contributed by atoms with van der Waals surface area (Å²) in [7, 11) is 0. The lowest BCUT2D eigenvalue weighted by Crippen LogP contribution is -2.14. The molecule has 1 N–H and O–H groups in total. The van der Waals surface area contributed by atoms with Crippen LogP contribution in [0, 0.1) is 0 Å². The molecule has 0 spiro atoms. The van der Waals surface area contributed by atoms with E-state index in [4.69, 9.17) is 11.6 Å². The van der Waals surface area contributed by atoms with Crippen LogP contribution in [0.25, 0.3) is 0 Å². The Morgan fingerprint density at radius 2 is 1.77 bits per heavy atom. The van der Waals surface area contributed by atoms with Crippen LogP contribution >= 0.6 is 27.5 Å². The first-order chi connectivity index (χ1) is 10.3. The Morgan fingerprint density at radius 1 is 1.14 bits per heavy atom. The van der Waals surface area contributed by atoms with Gasteiger partial charge in [0.25, 0.3) is 0 Å². The standard InChI is InChI=1S/C15H10BrClF3NO/c16-10-3-1-9(2-4-10)14(22)8-21-11-5-6-13(17)12(7-11)15(18,19)20/h1-7,21H,8H2. The third kappa shape index (κ3) is 4.24. The van der Waals surface area contributed by atoms with Crippen molar-refractivity contribution in [2.24, 2.45) is 0 Å². The van der Waals surface area contributed by atoms with Crippen molar-refractivity contribution in [1.82, 2.24) is 0 Å². The topological polar surface area (TPSA) is 29.1 Å². The van der Waals surface area contributed by atoms with Crippen molar-refractivity contribution >= 4 is 39.0 Å². The average Bonchev–Trinajstić information content (AvgIpc) is 2.45. The molecule has 116 valence electrons. The maximum Gasteiger partial charge on any atom is 0.417 e. The Hall–Kier alpha value is -1.53. The van der Waals surface area contributed by atoms with E-state index >= 15 is 0 Å². The fourth-order valence-electron chi connectivity index (χ4n) is 1.77. The zero-order valence-electron chi connectivity index (χ0n) is 11.0. The smallest absolute Gasteiger partial charge is 0.378 e. The second kappa shape index (κ2) is 6.71. The van der Waals surface area contributed by atoms with Crippen molar-refractivity contribution < 1.29 is 18.0 Å². The van der Waals surface area contributed by atoms with Gasteiger partial charge in [-0.15, -0.1) is 0 Å². The van der Waals surface area contributed by atoms with Crippen LogP contribution in [-0.4, -0.2) is 12.3 Å². The van der Waals surface area contributed by atoms with Crippen LogP contribution in [0.4, 0.5) is 18.9 Å². The lowest BCUT2D eigenvalue weighted by Gasteiger charge is -2.12. The quantitative estimate of drug-likeness (QED) is 0.704. The molecule has 0 saturated carbocycles. The summed E-state index contributed by atoms with van der Waals surface area (Å²) < 4.78 is 39.1. The molecule has 2 nitrogen and oxygen atoms in total. The van der Waals surface area contributed by atoms with Crippen LogP contribution in [0.1, 0.15) is 15.9 Å². The summed E-state index contributed by atoms with van der Waals surface area (Å²) in [6.45, 7) is -0.111. The number of anilines is 1. The maximum atomic E-state index is 12.7. The first-order valence-corrected chi connectivity index (χ1v) is 7.34. The van der Waals surface area contributed by atoms with Gasteiger partial charge in [0.2, 0.25) is 0 Å². The van der Waals surface area contributed by atoms with Gasteiger partial charge in [-0.2, -0.15) is 13.2 Å². The minimum atomic E-state index is -4.54. The average molecular weight is 393 g/mol. The van der Waals surface area contributed by atoms with E-state index in [1.165, 1.54) is 6.07 Å². The summed E-state index contributed by atoms with van der Waals surface area (Å²) in [5.41, 5.74) is -0.279. The number of hydrogen-bond acceptors (Lipinski definition) is 2. The predicted octanol–water partition coefficient (Wildman–Crippen LogP) is 5.42. The number of carbonyl (C=O) groups is 1. The molecule has 0 aliphatic heterocycles. The highest BCUT2D eigenvalue weighted by Crippen LogP contribution is 2.36. The van der Waals surface area contributed by atoms with Crippen LogP contribution in [0.2, 0.25) is 5.02 Å². The number of Topliss-reactive ketones (excluding diaryl/α,β-unsaturated/α-hetero) is 1. The van der Waals surface area contributed by atoms with Gasteiger partial charge in [-0.1, -0.05) is 39.7 Å². The monoisotopic (exact) mass is 391 g/mol. The van der Waals surface area contributed by atoms with E-state index in [2.05, 4.69) is 21.2 Å². The molecule has 22 heavy (non-hydrogen) atoms. The van der Waals surface area contributed by atoms with Gasteiger partial charge >= 0.3 is 6.18 Å². The second-order valence-electron chi connectivity index (χ2n) is 4.48. The molecule has 0 amide bonds. The Kier molecular flexibility index (Phi) is 5.13. The number of hydrogen-bond donors (Lipinski definition) is 1. The largest absolute Gasteiger partial charge is 0.417 e. The van der Waals surface area contributed by atoms with E-state index < -0.39 is 11.7 Å². The highest BCUT2D eigenvalue weighted by atomic mass is 79.9.